The highest BCUT2D eigenvalue weighted by Crippen LogP contribution is 2.19. The number of carbonyl (C=O) groups excluding carboxylic acids is 1. The number of aromatic nitrogens is 4. The van der Waals surface area contributed by atoms with Crippen molar-refractivity contribution in [3.8, 4) is 5.69 Å². The van der Waals surface area contributed by atoms with E-state index in [0.29, 0.717) is 22.8 Å². The quantitative estimate of drug-likeness (QED) is 0.739. The van der Waals surface area contributed by atoms with Crippen LogP contribution in [0.15, 0.2) is 54.9 Å². The van der Waals surface area contributed by atoms with Crippen LogP contribution in [0.1, 0.15) is 15.9 Å². The summed E-state index contributed by atoms with van der Waals surface area (Å²) >= 11 is 6.16. The Morgan fingerprint density at radius 3 is 2.65 bits per heavy atom. The van der Waals surface area contributed by atoms with E-state index >= 15 is 0 Å². The number of hydrogen-bond acceptors (Lipinski definition) is 4. The first-order valence-electron chi connectivity index (χ1n) is 6.98. The molecule has 116 valence electrons. The van der Waals surface area contributed by atoms with Gasteiger partial charge >= 0.3 is 0 Å². The summed E-state index contributed by atoms with van der Waals surface area (Å²) in [7, 11) is 1.74. The lowest BCUT2D eigenvalue weighted by molar-refractivity contribution is 0.0785. The van der Waals surface area contributed by atoms with Crippen LogP contribution in [0.4, 0.5) is 0 Å². The third kappa shape index (κ3) is 3.22. The number of rotatable bonds is 4. The number of benzene rings is 2. The third-order valence-electron chi connectivity index (χ3n) is 3.44. The van der Waals surface area contributed by atoms with Crippen LogP contribution in [-0.2, 0) is 6.54 Å². The van der Waals surface area contributed by atoms with Crippen LogP contribution in [0.2, 0.25) is 5.02 Å². The van der Waals surface area contributed by atoms with Crippen molar-refractivity contribution >= 4 is 17.5 Å². The Bertz CT molecular complexity index is 819. The molecule has 0 saturated carbocycles. The van der Waals surface area contributed by atoms with Crippen LogP contribution in [0.3, 0.4) is 0 Å². The summed E-state index contributed by atoms with van der Waals surface area (Å²) in [6.45, 7) is 0.419. The molecule has 0 saturated heterocycles. The maximum Gasteiger partial charge on any atom is 0.256 e. The number of hydrogen-bond donors (Lipinski definition) is 0. The lowest BCUT2D eigenvalue weighted by atomic mass is 10.1. The molecule has 1 heterocycles. The van der Waals surface area contributed by atoms with Crippen LogP contribution in [0.25, 0.3) is 5.69 Å². The summed E-state index contributed by atoms with van der Waals surface area (Å²) in [5, 5.41) is 11.7. The number of amides is 1. The number of tetrazole rings is 1. The molecular formula is C16H14ClN5O. The molecule has 0 aliphatic heterocycles. The summed E-state index contributed by atoms with van der Waals surface area (Å²) in [6, 6.07) is 14.7. The van der Waals surface area contributed by atoms with Crippen molar-refractivity contribution in [3.63, 3.8) is 0 Å². The Morgan fingerprint density at radius 2 is 1.91 bits per heavy atom. The van der Waals surface area contributed by atoms with Crippen LogP contribution in [0.5, 0.6) is 0 Å². The summed E-state index contributed by atoms with van der Waals surface area (Å²) < 4.78 is 1.47. The van der Waals surface area contributed by atoms with Gasteiger partial charge in [-0.3, -0.25) is 4.79 Å². The molecule has 2 aromatic carbocycles. The highest BCUT2D eigenvalue weighted by atomic mass is 35.5. The van der Waals surface area contributed by atoms with Crippen molar-refractivity contribution in [2.75, 3.05) is 7.05 Å². The van der Waals surface area contributed by atoms with E-state index < -0.39 is 0 Å². The van der Waals surface area contributed by atoms with E-state index in [0.717, 1.165) is 5.56 Å². The first-order valence-corrected chi connectivity index (χ1v) is 7.36. The normalized spacial score (nSPS) is 10.5. The average molecular weight is 328 g/mol. The minimum absolute atomic E-state index is 0.129. The lowest BCUT2D eigenvalue weighted by Crippen LogP contribution is -2.27. The number of nitrogens with zero attached hydrogens (tertiary/aromatic N) is 5. The molecule has 0 unspecified atom stereocenters. The van der Waals surface area contributed by atoms with E-state index in [1.807, 2.05) is 36.4 Å². The number of halogens is 1. The molecule has 6 nitrogen and oxygen atoms in total. The molecule has 1 aromatic heterocycles. The van der Waals surface area contributed by atoms with Gasteiger partial charge < -0.3 is 4.90 Å². The summed E-state index contributed by atoms with van der Waals surface area (Å²) in [5.41, 5.74) is 2.05. The Balaban J connectivity index is 1.88. The minimum Gasteiger partial charge on any atom is -0.337 e. The van der Waals surface area contributed by atoms with Gasteiger partial charge in [-0.15, -0.1) is 5.10 Å². The molecule has 0 radical (unpaired) electrons. The maximum atomic E-state index is 12.8. The van der Waals surface area contributed by atoms with Gasteiger partial charge in [0.05, 0.1) is 11.3 Å². The zero-order chi connectivity index (χ0) is 16.2. The van der Waals surface area contributed by atoms with E-state index in [2.05, 4.69) is 15.5 Å². The Labute approximate surface area is 138 Å². The van der Waals surface area contributed by atoms with Crippen molar-refractivity contribution in [1.29, 1.82) is 0 Å². The summed E-state index contributed by atoms with van der Waals surface area (Å²) in [5.74, 6) is -0.129. The zero-order valence-electron chi connectivity index (χ0n) is 12.4. The molecule has 3 rings (SSSR count). The fourth-order valence-electron chi connectivity index (χ4n) is 2.29. The number of para-hydroxylation sites is 1. The predicted octanol–water partition coefficient (Wildman–Crippen LogP) is 2.59. The fraction of sp³-hybridized carbons (Fsp3) is 0.125. The second-order valence-electron chi connectivity index (χ2n) is 5.02. The monoisotopic (exact) mass is 327 g/mol. The van der Waals surface area contributed by atoms with Gasteiger partial charge in [0.2, 0.25) is 0 Å². The van der Waals surface area contributed by atoms with Crippen molar-refractivity contribution in [2.45, 2.75) is 6.54 Å². The van der Waals surface area contributed by atoms with Gasteiger partial charge in [0.1, 0.15) is 6.33 Å². The van der Waals surface area contributed by atoms with Crippen LogP contribution < -0.4 is 0 Å². The molecule has 1 amide bonds. The van der Waals surface area contributed by atoms with Gasteiger partial charge in [0.25, 0.3) is 5.91 Å². The molecule has 0 N–H and O–H groups in total. The first kappa shape index (κ1) is 15.2. The summed E-state index contributed by atoms with van der Waals surface area (Å²) in [4.78, 5) is 14.4. The van der Waals surface area contributed by atoms with Gasteiger partial charge in [0.15, 0.2) is 0 Å². The van der Waals surface area contributed by atoms with Crippen molar-refractivity contribution in [1.82, 2.24) is 25.1 Å². The number of carbonyl (C=O) groups is 1. The van der Waals surface area contributed by atoms with E-state index in [1.54, 1.807) is 24.1 Å². The summed E-state index contributed by atoms with van der Waals surface area (Å²) in [6.07, 6.45) is 1.46. The zero-order valence-corrected chi connectivity index (χ0v) is 13.2. The third-order valence-corrected chi connectivity index (χ3v) is 3.81. The van der Waals surface area contributed by atoms with E-state index in [9.17, 15) is 4.79 Å². The maximum absolute atomic E-state index is 12.8. The molecule has 3 aromatic rings. The minimum atomic E-state index is -0.129. The lowest BCUT2D eigenvalue weighted by Gasteiger charge is -2.19. The highest BCUT2D eigenvalue weighted by molar-refractivity contribution is 6.31. The van der Waals surface area contributed by atoms with Crippen molar-refractivity contribution in [2.24, 2.45) is 0 Å². The molecule has 0 atom stereocenters. The molecule has 0 fully saturated rings. The van der Waals surface area contributed by atoms with E-state index in [4.69, 9.17) is 11.6 Å². The average Bonchev–Trinajstić information content (AvgIpc) is 3.10. The first-order chi connectivity index (χ1) is 11.2. The van der Waals surface area contributed by atoms with Gasteiger partial charge in [-0.25, -0.2) is 0 Å². The molecule has 0 spiro atoms. The fourth-order valence-corrected chi connectivity index (χ4v) is 2.48. The molecule has 7 heteroatoms. The van der Waals surface area contributed by atoms with Crippen LogP contribution in [0, 0.1) is 0 Å². The van der Waals surface area contributed by atoms with E-state index in [1.165, 1.54) is 11.0 Å². The molecule has 0 aliphatic carbocycles. The predicted molar refractivity (Wildman–Crippen MR) is 86.4 cm³/mol. The molecule has 23 heavy (non-hydrogen) atoms. The second-order valence-corrected chi connectivity index (χ2v) is 5.43. The van der Waals surface area contributed by atoms with Gasteiger partial charge in [0, 0.05) is 18.6 Å². The molecule has 0 aliphatic rings. The Kier molecular flexibility index (Phi) is 4.34. The van der Waals surface area contributed by atoms with Crippen molar-refractivity contribution < 1.29 is 4.79 Å². The Morgan fingerprint density at radius 1 is 1.17 bits per heavy atom. The SMILES string of the molecule is CN(Cc1ccccc1Cl)C(=O)c1ccccc1-n1cnnn1. The molecular weight excluding hydrogens is 314 g/mol. The standard InChI is InChI=1S/C16H14ClN5O/c1-21(10-12-6-2-4-8-14(12)17)16(23)13-7-3-5-9-15(13)22-11-18-19-20-22/h2-9,11H,10H2,1H3. The van der Waals surface area contributed by atoms with Gasteiger partial charge in [-0.2, -0.15) is 4.68 Å². The van der Waals surface area contributed by atoms with Crippen molar-refractivity contribution in [3.05, 3.63) is 71.0 Å². The highest BCUT2D eigenvalue weighted by Gasteiger charge is 2.18. The van der Waals surface area contributed by atoms with Gasteiger partial charge in [-0.1, -0.05) is 41.9 Å². The molecule has 0 bridgehead atoms. The smallest absolute Gasteiger partial charge is 0.256 e. The topological polar surface area (TPSA) is 63.9 Å². The van der Waals surface area contributed by atoms with Gasteiger partial charge in [-0.05, 0) is 34.2 Å². The second kappa shape index (κ2) is 6.58. The largest absolute Gasteiger partial charge is 0.337 e. The Hall–Kier alpha value is -2.73. The van der Waals surface area contributed by atoms with Crippen LogP contribution >= 0.6 is 11.6 Å². The van der Waals surface area contributed by atoms with E-state index in [-0.39, 0.29) is 5.91 Å². The van der Waals surface area contributed by atoms with Crippen LogP contribution in [-0.4, -0.2) is 38.1 Å².